The van der Waals surface area contributed by atoms with Gasteiger partial charge >= 0.3 is 35.9 Å². The minimum absolute atomic E-state index is 0.0551. The van der Waals surface area contributed by atoms with Gasteiger partial charge in [0.1, 0.15) is 31.6 Å². The van der Waals surface area contributed by atoms with Crippen molar-refractivity contribution in [1.29, 1.82) is 0 Å². The number of carboxylic acids is 1. The molecule has 1 aliphatic heterocycles. The van der Waals surface area contributed by atoms with Gasteiger partial charge in [0.05, 0.1) is 12.7 Å². The van der Waals surface area contributed by atoms with E-state index in [-0.39, 0.29) is 24.8 Å². The van der Waals surface area contributed by atoms with Crippen molar-refractivity contribution in [3.05, 3.63) is 71.5 Å². The second-order valence-corrected chi connectivity index (χ2v) is 11.8. The average molecular weight is 709 g/mol. The third-order valence-electron chi connectivity index (χ3n) is 8.06. The van der Waals surface area contributed by atoms with Crippen LogP contribution >= 0.6 is 0 Å². The summed E-state index contributed by atoms with van der Waals surface area (Å²) in [4.78, 5) is 74.1. The largest absolute Gasteiger partial charge is 0.480 e. The zero-order valence-electron chi connectivity index (χ0n) is 28.1. The van der Waals surface area contributed by atoms with Crippen molar-refractivity contribution in [2.24, 2.45) is 0 Å². The van der Waals surface area contributed by atoms with Gasteiger partial charge in [0.25, 0.3) is 0 Å². The molecule has 2 heterocycles. The van der Waals surface area contributed by atoms with Crippen molar-refractivity contribution in [1.82, 2.24) is 19.9 Å². The first kappa shape index (κ1) is 36.4. The van der Waals surface area contributed by atoms with Gasteiger partial charge in [-0.05, 0) is 22.3 Å². The summed E-state index contributed by atoms with van der Waals surface area (Å²) in [5, 5.41) is 17.7. The molecule has 0 spiro atoms. The first-order chi connectivity index (χ1) is 24.3. The SMILES string of the molecule is CC(=O)OC[C@H]1O[C@H](n2cc(CN(CC(=O)O)C(=O)OCC3c4ccccc4-c4ccccc43)nn2)[C@H](OC(C)=O)[C@@H](OC(C)=O)[C@H]1OC(C)=O. The molecule has 3 aromatic rings. The van der Waals surface area contributed by atoms with Crippen LogP contribution in [-0.4, -0.2) is 105 Å². The van der Waals surface area contributed by atoms with E-state index < -0.39 is 79.7 Å². The van der Waals surface area contributed by atoms with E-state index in [4.69, 9.17) is 28.4 Å². The minimum atomic E-state index is -1.46. The fraction of sp³-hybridized carbons (Fsp3) is 0.412. The van der Waals surface area contributed by atoms with E-state index in [1.807, 2.05) is 48.5 Å². The number of benzene rings is 2. The van der Waals surface area contributed by atoms with Gasteiger partial charge in [-0.25, -0.2) is 9.48 Å². The highest BCUT2D eigenvalue weighted by Crippen LogP contribution is 2.44. The molecule has 1 N–H and O–H groups in total. The summed E-state index contributed by atoms with van der Waals surface area (Å²) in [5.41, 5.74) is 4.08. The Balaban J connectivity index is 1.38. The van der Waals surface area contributed by atoms with Gasteiger partial charge in [-0.2, -0.15) is 0 Å². The number of hydrogen-bond donors (Lipinski definition) is 1. The number of carboxylic acid groups (broad SMARTS) is 1. The Morgan fingerprint density at radius 3 is 1.90 bits per heavy atom. The van der Waals surface area contributed by atoms with E-state index in [1.165, 1.54) is 6.20 Å². The van der Waals surface area contributed by atoms with Gasteiger partial charge < -0.3 is 33.5 Å². The molecule has 2 aliphatic rings. The molecule has 270 valence electrons. The van der Waals surface area contributed by atoms with Gasteiger partial charge in [-0.15, -0.1) is 5.10 Å². The molecule has 0 unspecified atom stereocenters. The number of fused-ring (bicyclic) bond motifs is 3. The van der Waals surface area contributed by atoms with Crippen LogP contribution in [-0.2, 0) is 58.9 Å². The lowest BCUT2D eigenvalue weighted by Crippen LogP contribution is -2.60. The molecule has 1 saturated heterocycles. The number of aromatic nitrogens is 3. The number of esters is 4. The first-order valence-electron chi connectivity index (χ1n) is 15.8. The number of rotatable bonds is 12. The highest BCUT2D eigenvalue weighted by molar-refractivity contribution is 5.80. The molecule has 0 bridgehead atoms. The molecule has 0 saturated carbocycles. The van der Waals surface area contributed by atoms with Crippen LogP contribution < -0.4 is 0 Å². The van der Waals surface area contributed by atoms with Crippen LogP contribution in [0.3, 0.4) is 0 Å². The van der Waals surface area contributed by atoms with Crippen LogP contribution in [0.15, 0.2) is 54.7 Å². The zero-order chi connectivity index (χ0) is 36.8. The standard InChI is InChI=1S/C34H36N4O13/c1-18(39)46-17-28-30(48-19(2)40)31(49-20(3)41)32(50-21(4)42)33(51-28)38-14-22(35-36-38)13-37(15-29(43)44)34(45)47-16-27-25-11-7-5-9-23(25)24-10-6-8-12-26(24)27/h5-12,14,27-28,30-33H,13,15-17H2,1-4H3,(H,43,44)/t28-,30+,31+,32-,33+/m1/s1. The van der Waals surface area contributed by atoms with E-state index in [1.54, 1.807) is 0 Å². The van der Waals surface area contributed by atoms with E-state index in [9.17, 15) is 33.9 Å². The molecule has 0 radical (unpaired) electrons. The Labute approximate surface area is 291 Å². The minimum Gasteiger partial charge on any atom is -0.480 e. The quantitative estimate of drug-likeness (QED) is 0.211. The number of ether oxygens (including phenoxy) is 6. The van der Waals surface area contributed by atoms with Crippen LogP contribution in [0.4, 0.5) is 4.79 Å². The number of carbonyl (C=O) groups is 6. The fourth-order valence-corrected chi connectivity index (χ4v) is 6.16. The van der Waals surface area contributed by atoms with E-state index >= 15 is 0 Å². The highest BCUT2D eigenvalue weighted by atomic mass is 16.7. The molecule has 2 aromatic carbocycles. The van der Waals surface area contributed by atoms with E-state index in [0.717, 1.165) is 59.5 Å². The van der Waals surface area contributed by atoms with Crippen LogP contribution in [0.1, 0.15) is 56.7 Å². The Bertz CT molecular complexity index is 1760. The Kier molecular flexibility index (Phi) is 11.3. The van der Waals surface area contributed by atoms with Crippen LogP contribution in [0, 0.1) is 0 Å². The first-order valence-corrected chi connectivity index (χ1v) is 15.8. The monoisotopic (exact) mass is 708 g/mol. The van der Waals surface area contributed by atoms with Crippen molar-refractivity contribution in [2.45, 2.75) is 70.8 Å². The maximum Gasteiger partial charge on any atom is 0.410 e. The maximum atomic E-state index is 13.4. The lowest BCUT2D eigenvalue weighted by Gasteiger charge is -2.44. The Morgan fingerprint density at radius 2 is 1.33 bits per heavy atom. The summed E-state index contributed by atoms with van der Waals surface area (Å²) in [7, 11) is 0. The molecule has 17 heteroatoms. The smallest absolute Gasteiger partial charge is 0.410 e. The predicted octanol–water partition coefficient (Wildman–Crippen LogP) is 2.37. The van der Waals surface area contributed by atoms with E-state index in [2.05, 4.69) is 10.3 Å². The summed E-state index contributed by atoms with van der Waals surface area (Å²) >= 11 is 0. The molecule has 5 atom stereocenters. The predicted molar refractivity (Wildman–Crippen MR) is 170 cm³/mol. The third kappa shape index (κ3) is 8.67. The molecule has 1 amide bonds. The van der Waals surface area contributed by atoms with Crippen LogP contribution in [0.2, 0.25) is 0 Å². The molecule has 17 nitrogen and oxygen atoms in total. The normalized spacial score (nSPS) is 20.7. The Hall–Kier alpha value is -5.84. The Morgan fingerprint density at radius 1 is 0.765 bits per heavy atom. The summed E-state index contributed by atoms with van der Waals surface area (Å²) in [6.07, 6.45) is -6.55. The summed E-state index contributed by atoms with van der Waals surface area (Å²) < 4.78 is 34.3. The highest BCUT2D eigenvalue weighted by Gasteiger charge is 2.53. The molecule has 51 heavy (non-hydrogen) atoms. The van der Waals surface area contributed by atoms with Gasteiger partial charge in [-0.1, -0.05) is 53.7 Å². The number of carbonyl (C=O) groups excluding carboxylic acids is 5. The topological polar surface area (TPSA) is 212 Å². The maximum absolute atomic E-state index is 13.4. The lowest BCUT2D eigenvalue weighted by molar-refractivity contribution is -0.270. The van der Waals surface area contributed by atoms with Gasteiger partial charge in [0, 0.05) is 33.6 Å². The number of amides is 1. The second kappa shape index (κ2) is 15.8. The summed E-state index contributed by atoms with van der Waals surface area (Å²) in [6, 6.07) is 15.5. The van der Waals surface area contributed by atoms with Gasteiger partial charge in [0.2, 0.25) is 0 Å². The van der Waals surface area contributed by atoms with Crippen LogP contribution in [0.5, 0.6) is 0 Å². The van der Waals surface area contributed by atoms with E-state index in [0.29, 0.717) is 0 Å². The molecule has 1 aliphatic carbocycles. The molecule has 5 rings (SSSR count). The van der Waals surface area contributed by atoms with Gasteiger partial charge in [0.15, 0.2) is 24.5 Å². The number of nitrogens with zero attached hydrogens (tertiary/aromatic N) is 4. The lowest BCUT2D eigenvalue weighted by atomic mass is 9.97. The zero-order valence-corrected chi connectivity index (χ0v) is 28.1. The molecule has 1 aromatic heterocycles. The van der Waals surface area contributed by atoms with Crippen molar-refractivity contribution in [3.63, 3.8) is 0 Å². The average Bonchev–Trinajstić information content (AvgIpc) is 3.66. The molecular weight excluding hydrogens is 672 g/mol. The van der Waals surface area contributed by atoms with Crippen LogP contribution in [0.25, 0.3) is 11.1 Å². The second-order valence-electron chi connectivity index (χ2n) is 11.8. The number of hydrogen-bond acceptors (Lipinski definition) is 14. The number of aliphatic carboxylic acids is 1. The molecule has 1 fully saturated rings. The van der Waals surface area contributed by atoms with Crippen molar-refractivity contribution in [2.75, 3.05) is 19.8 Å². The molecular formula is C34H36N4O13. The van der Waals surface area contributed by atoms with Crippen molar-refractivity contribution >= 4 is 35.9 Å². The fourth-order valence-electron chi connectivity index (χ4n) is 6.16. The summed E-state index contributed by atoms with van der Waals surface area (Å²) in [5.74, 6) is -4.67. The third-order valence-corrected chi connectivity index (χ3v) is 8.06. The summed E-state index contributed by atoms with van der Waals surface area (Å²) in [6.45, 7) is 2.83. The van der Waals surface area contributed by atoms with Gasteiger partial charge in [-0.3, -0.25) is 28.9 Å². The van der Waals surface area contributed by atoms with Crippen molar-refractivity contribution in [3.8, 4) is 11.1 Å². The van der Waals surface area contributed by atoms with Crippen molar-refractivity contribution < 1.29 is 62.3 Å².